The number of nitrogens with zero attached hydrogens (tertiary/aromatic N) is 3. The zero-order valence-electron chi connectivity index (χ0n) is 23.6. The van der Waals surface area contributed by atoms with E-state index in [-0.39, 0.29) is 24.2 Å². The van der Waals surface area contributed by atoms with Crippen LogP contribution in [0.15, 0.2) is 66.9 Å². The van der Waals surface area contributed by atoms with Crippen molar-refractivity contribution in [3.8, 4) is 17.0 Å². The third kappa shape index (κ3) is 6.44. The topological polar surface area (TPSA) is 103 Å². The van der Waals surface area contributed by atoms with Gasteiger partial charge in [-0.1, -0.05) is 18.9 Å². The number of aromatic nitrogens is 3. The molecule has 4 aromatic rings. The number of benzene rings is 2. The van der Waals surface area contributed by atoms with E-state index in [4.69, 9.17) is 4.74 Å². The number of β-amino-alcohol motifs (C(OH)–C–C–N with tert-alkyl or cyclic N) is 1. The Kier molecular flexibility index (Phi) is 8.30. The Hall–Kier alpha value is -3.75. The molecule has 2 atom stereocenters. The predicted molar refractivity (Wildman–Crippen MR) is 160 cm³/mol. The minimum atomic E-state index is -0.302. The van der Waals surface area contributed by atoms with E-state index in [1.54, 1.807) is 6.20 Å². The maximum absolute atomic E-state index is 13.5. The number of hydrogen-bond donors (Lipinski definition) is 3. The molecule has 41 heavy (non-hydrogen) atoms. The lowest BCUT2D eigenvalue weighted by Crippen LogP contribution is -2.41. The standard InChI is InChI=1S/C33H39N5O3/c1-22(39)21-38-18-15-27(16-19-38)41-26-12-9-24(10-13-26)31-28-20-25(11-14-29(28)36-37-31)33(40)35-32(23-6-2-3-7-23)30-8-4-5-17-34-30/h4-5,8-14,17,20,22-23,27,32,39H,2-3,6-7,15-16,18-19,21H2,1H3,(H,35,40)(H,36,37)/t22?,32-/m0/s1. The molecule has 8 nitrogen and oxygen atoms in total. The summed E-state index contributed by atoms with van der Waals surface area (Å²) in [7, 11) is 0. The fourth-order valence-corrected chi connectivity index (χ4v) is 6.35. The van der Waals surface area contributed by atoms with Crippen LogP contribution in [0.5, 0.6) is 5.75 Å². The van der Waals surface area contributed by atoms with Crippen LogP contribution in [0, 0.1) is 5.92 Å². The number of piperidine rings is 1. The number of carbonyl (C=O) groups excluding carboxylic acids is 1. The molecule has 8 heteroatoms. The van der Waals surface area contributed by atoms with Crippen LogP contribution in [0.2, 0.25) is 0 Å². The normalized spacial score (nSPS) is 18.4. The lowest BCUT2D eigenvalue weighted by molar-refractivity contribution is 0.0673. The Morgan fingerprint density at radius 3 is 2.56 bits per heavy atom. The number of aliphatic hydroxyl groups excluding tert-OH is 1. The number of pyridine rings is 1. The van der Waals surface area contributed by atoms with Crippen molar-refractivity contribution >= 4 is 16.8 Å². The van der Waals surface area contributed by atoms with Crippen molar-refractivity contribution in [2.75, 3.05) is 19.6 Å². The first kappa shape index (κ1) is 27.4. The number of H-pyrrole nitrogens is 1. The predicted octanol–water partition coefficient (Wildman–Crippen LogP) is 5.51. The van der Waals surface area contributed by atoms with Gasteiger partial charge in [-0.15, -0.1) is 0 Å². The molecule has 1 aliphatic heterocycles. The van der Waals surface area contributed by atoms with Crippen molar-refractivity contribution in [1.29, 1.82) is 0 Å². The molecule has 1 saturated heterocycles. The lowest BCUT2D eigenvalue weighted by atomic mass is 9.94. The first-order valence-corrected chi connectivity index (χ1v) is 14.9. The van der Waals surface area contributed by atoms with Crippen LogP contribution in [0.3, 0.4) is 0 Å². The van der Waals surface area contributed by atoms with E-state index in [0.29, 0.717) is 18.0 Å². The molecule has 0 radical (unpaired) electrons. The molecule has 1 amide bonds. The van der Waals surface area contributed by atoms with Crippen LogP contribution in [0.1, 0.15) is 67.5 Å². The largest absolute Gasteiger partial charge is 0.490 e. The summed E-state index contributed by atoms with van der Waals surface area (Å²) in [6.07, 6.45) is 8.18. The van der Waals surface area contributed by atoms with Gasteiger partial charge in [-0.2, -0.15) is 5.10 Å². The quantitative estimate of drug-likeness (QED) is 0.253. The molecular formula is C33H39N5O3. The van der Waals surface area contributed by atoms with Gasteiger partial charge in [0.15, 0.2) is 0 Å². The summed E-state index contributed by atoms with van der Waals surface area (Å²) < 4.78 is 6.26. The Labute approximate surface area is 241 Å². The van der Waals surface area contributed by atoms with Crippen LogP contribution >= 0.6 is 0 Å². The molecule has 2 aromatic heterocycles. The van der Waals surface area contributed by atoms with Crippen molar-refractivity contribution in [3.63, 3.8) is 0 Å². The van der Waals surface area contributed by atoms with E-state index in [1.807, 2.05) is 67.6 Å². The highest BCUT2D eigenvalue weighted by molar-refractivity contribution is 6.01. The van der Waals surface area contributed by atoms with Gasteiger partial charge >= 0.3 is 0 Å². The number of carbonyl (C=O) groups is 1. The number of rotatable bonds is 9. The molecule has 214 valence electrons. The fraction of sp³-hybridized carbons (Fsp3) is 0.424. The van der Waals surface area contributed by atoms with Gasteiger partial charge in [-0.25, -0.2) is 0 Å². The highest BCUT2D eigenvalue weighted by atomic mass is 16.5. The SMILES string of the molecule is CC(O)CN1CCC(Oc2ccc(-c3n[nH]c4ccc(C(=O)N[C@H](c5ccccn5)C5CCCC5)cc34)cc2)CC1. The maximum atomic E-state index is 13.5. The summed E-state index contributed by atoms with van der Waals surface area (Å²) in [5.41, 5.74) is 4.19. The average Bonchev–Trinajstić information content (AvgIpc) is 3.68. The van der Waals surface area contributed by atoms with Crippen molar-refractivity contribution < 1.29 is 14.6 Å². The van der Waals surface area contributed by atoms with Gasteiger partial charge in [0.05, 0.1) is 29.1 Å². The third-order valence-corrected chi connectivity index (χ3v) is 8.48. The molecule has 0 bridgehead atoms. The van der Waals surface area contributed by atoms with E-state index in [1.165, 1.54) is 12.8 Å². The minimum Gasteiger partial charge on any atom is -0.490 e. The second-order valence-electron chi connectivity index (χ2n) is 11.6. The van der Waals surface area contributed by atoms with E-state index in [9.17, 15) is 9.90 Å². The number of ether oxygens (including phenoxy) is 1. The summed E-state index contributed by atoms with van der Waals surface area (Å²) in [5.74, 6) is 1.15. The minimum absolute atomic E-state index is 0.0927. The Bertz CT molecular complexity index is 1440. The van der Waals surface area contributed by atoms with Gasteiger partial charge in [-0.3, -0.25) is 14.9 Å². The van der Waals surface area contributed by atoms with Gasteiger partial charge in [0.2, 0.25) is 0 Å². The summed E-state index contributed by atoms with van der Waals surface area (Å²) in [6, 6.07) is 19.6. The average molecular weight is 554 g/mol. The first-order chi connectivity index (χ1) is 20.0. The molecule has 1 saturated carbocycles. The molecular weight excluding hydrogens is 514 g/mol. The summed E-state index contributed by atoms with van der Waals surface area (Å²) in [6.45, 7) is 4.42. The molecule has 3 N–H and O–H groups in total. The number of amides is 1. The molecule has 2 aliphatic rings. The Balaban J connectivity index is 1.15. The third-order valence-electron chi connectivity index (χ3n) is 8.48. The zero-order valence-corrected chi connectivity index (χ0v) is 23.6. The highest BCUT2D eigenvalue weighted by Gasteiger charge is 2.29. The fourth-order valence-electron chi connectivity index (χ4n) is 6.35. The van der Waals surface area contributed by atoms with Crippen molar-refractivity contribution in [2.45, 2.75) is 63.7 Å². The van der Waals surface area contributed by atoms with Gasteiger partial charge in [0.25, 0.3) is 5.91 Å². The lowest BCUT2D eigenvalue weighted by Gasteiger charge is -2.32. The molecule has 6 rings (SSSR count). The molecule has 0 spiro atoms. The highest BCUT2D eigenvalue weighted by Crippen LogP contribution is 2.35. The van der Waals surface area contributed by atoms with E-state index >= 15 is 0 Å². The second-order valence-corrected chi connectivity index (χ2v) is 11.6. The van der Waals surface area contributed by atoms with Crippen LogP contribution in [0.4, 0.5) is 0 Å². The summed E-state index contributed by atoms with van der Waals surface area (Å²) in [4.78, 5) is 20.4. The van der Waals surface area contributed by atoms with E-state index in [0.717, 1.165) is 72.4 Å². The second kappa shape index (κ2) is 12.4. The van der Waals surface area contributed by atoms with E-state index in [2.05, 4.69) is 25.4 Å². The summed E-state index contributed by atoms with van der Waals surface area (Å²) in [5, 5.41) is 21.5. The van der Waals surface area contributed by atoms with E-state index < -0.39 is 0 Å². The van der Waals surface area contributed by atoms with Crippen LogP contribution < -0.4 is 10.1 Å². The summed E-state index contributed by atoms with van der Waals surface area (Å²) >= 11 is 0. The number of nitrogens with one attached hydrogen (secondary N) is 2. The smallest absolute Gasteiger partial charge is 0.251 e. The molecule has 1 unspecified atom stereocenters. The zero-order chi connectivity index (χ0) is 28.2. The first-order valence-electron chi connectivity index (χ1n) is 14.9. The molecule has 1 aliphatic carbocycles. The van der Waals surface area contributed by atoms with Crippen LogP contribution in [0.25, 0.3) is 22.2 Å². The van der Waals surface area contributed by atoms with Gasteiger partial charge < -0.3 is 20.1 Å². The van der Waals surface area contributed by atoms with Gasteiger partial charge in [0.1, 0.15) is 11.9 Å². The maximum Gasteiger partial charge on any atom is 0.251 e. The van der Waals surface area contributed by atoms with Crippen molar-refractivity contribution in [3.05, 3.63) is 78.1 Å². The van der Waals surface area contributed by atoms with Crippen molar-refractivity contribution in [1.82, 2.24) is 25.4 Å². The van der Waals surface area contributed by atoms with Gasteiger partial charge in [0, 0.05) is 42.3 Å². The number of hydrogen-bond acceptors (Lipinski definition) is 6. The number of aliphatic hydroxyl groups is 1. The molecule has 3 heterocycles. The molecule has 2 aromatic carbocycles. The Morgan fingerprint density at radius 1 is 1.07 bits per heavy atom. The molecule has 2 fully saturated rings. The van der Waals surface area contributed by atoms with Gasteiger partial charge in [-0.05, 0) is 93.1 Å². The number of aromatic amines is 1. The monoisotopic (exact) mass is 553 g/mol. The number of likely N-dealkylation sites (tertiary alicyclic amines) is 1. The number of fused-ring (bicyclic) bond motifs is 1. The van der Waals surface area contributed by atoms with Crippen molar-refractivity contribution in [2.24, 2.45) is 5.92 Å². The van der Waals surface area contributed by atoms with Crippen LogP contribution in [-0.2, 0) is 0 Å². The Morgan fingerprint density at radius 2 is 1.85 bits per heavy atom. The van der Waals surface area contributed by atoms with Crippen LogP contribution in [-0.4, -0.2) is 62.9 Å².